The highest BCUT2D eigenvalue weighted by molar-refractivity contribution is 5.89. The maximum atomic E-state index is 12.7. The Morgan fingerprint density at radius 1 is 0.825 bits per heavy atom. The molecular weight excluding hydrogens is 522 g/mol. The monoisotopic (exact) mass is 559 g/mol. The molecule has 1 amide bonds. The van der Waals surface area contributed by atoms with E-state index in [1.807, 2.05) is 37.3 Å². The summed E-state index contributed by atoms with van der Waals surface area (Å²) in [6, 6.07) is 9.60. The number of nitrogens with one attached hydrogen (secondary N) is 1. The van der Waals surface area contributed by atoms with Crippen LogP contribution in [0.25, 0.3) is 0 Å². The van der Waals surface area contributed by atoms with Gasteiger partial charge in [-0.15, -0.1) is 6.58 Å². The van der Waals surface area contributed by atoms with E-state index in [4.69, 9.17) is 14.2 Å². The number of benzene rings is 1. The van der Waals surface area contributed by atoms with Crippen LogP contribution in [0.4, 0.5) is 4.79 Å². The largest absolute Gasteiger partial charge is 0.466 e. The van der Waals surface area contributed by atoms with Gasteiger partial charge in [0.05, 0.1) is 38.2 Å². The van der Waals surface area contributed by atoms with Crippen molar-refractivity contribution in [1.29, 1.82) is 0 Å². The second kappa shape index (κ2) is 18.0. The van der Waals surface area contributed by atoms with Crippen LogP contribution in [0.5, 0.6) is 0 Å². The Labute approximate surface area is 234 Å². The summed E-state index contributed by atoms with van der Waals surface area (Å²) in [6.07, 6.45) is -1.69. The van der Waals surface area contributed by atoms with Crippen molar-refractivity contribution < 1.29 is 47.7 Å². The summed E-state index contributed by atoms with van der Waals surface area (Å²) in [5.41, 5.74) is 1.82. The fourth-order valence-corrected chi connectivity index (χ4v) is 3.32. The van der Waals surface area contributed by atoms with Gasteiger partial charge in [-0.05, 0) is 25.3 Å². The van der Waals surface area contributed by atoms with Gasteiger partial charge in [0.15, 0.2) is 0 Å². The minimum atomic E-state index is -1.27. The van der Waals surface area contributed by atoms with Gasteiger partial charge in [-0.3, -0.25) is 9.59 Å². The average molecular weight is 560 g/mol. The number of esters is 4. The van der Waals surface area contributed by atoms with E-state index in [0.29, 0.717) is 0 Å². The third-order valence-corrected chi connectivity index (χ3v) is 5.51. The maximum absolute atomic E-state index is 12.7. The van der Waals surface area contributed by atoms with Crippen molar-refractivity contribution in [3.05, 3.63) is 72.4 Å². The van der Waals surface area contributed by atoms with Gasteiger partial charge < -0.3 is 29.0 Å². The molecular formula is C29H37NO10. The Balaban J connectivity index is 2.85. The number of methoxy groups -OCH3 is 2. The molecule has 40 heavy (non-hydrogen) atoms. The number of carbonyl (C=O) groups is 5. The summed E-state index contributed by atoms with van der Waals surface area (Å²) < 4.78 is 24.3. The molecule has 0 fully saturated rings. The Hall–Kier alpha value is -4.41. The molecule has 0 aliphatic heterocycles. The highest BCUT2D eigenvalue weighted by atomic mass is 16.6. The van der Waals surface area contributed by atoms with E-state index < -0.39 is 62.1 Å². The fourth-order valence-electron chi connectivity index (χ4n) is 3.32. The molecule has 0 saturated carbocycles. The van der Waals surface area contributed by atoms with Gasteiger partial charge in [0.2, 0.25) is 0 Å². The van der Waals surface area contributed by atoms with Crippen molar-refractivity contribution in [3.63, 3.8) is 0 Å². The zero-order valence-corrected chi connectivity index (χ0v) is 23.2. The summed E-state index contributed by atoms with van der Waals surface area (Å²) in [7, 11) is 2.30. The number of allylic oxidation sites excluding steroid dienone is 1. The molecule has 11 nitrogen and oxygen atoms in total. The normalized spacial score (nSPS) is 11.0. The van der Waals surface area contributed by atoms with E-state index in [0.717, 1.165) is 38.2 Å². The van der Waals surface area contributed by atoms with Gasteiger partial charge in [0.25, 0.3) is 0 Å². The maximum Gasteiger partial charge on any atom is 0.407 e. The van der Waals surface area contributed by atoms with Gasteiger partial charge >= 0.3 is 30.0 Å². The molecule has 1 rings (SSSR count). The van der Waals surface area contributed by atoms with Crippen molar-refractivity contribution in [2.45, 2.75) is 44.6 Å². The topological polar surface area (TPSA) is 144 Å². The summed E-state index contributed by atoms with van der Waals surface area (Å²) >= 11 is 0. The van der Waals surface area contributed by atoms with E-state index >= 15 is 0 Å². The summed E-state index contributed by atoms with van der Waals surface area (Å²) in [4.78, 5) is 60.3. The van der Waals surface area contributed by atoms with Gasteiger partial charge in [-0.1, -0.05) is 49.1 Å². The lowest BCUT2D eigenvalue weighted by Crippen LogP contribution is -2.34. The first-order valence-corrected chi connectivity index (χ1v) is 12.4. The van der Waals surface area contributed by atoms with E-state index in [1.54, 1.807) is 0 Å². The van der Waals surface area contributed by atoms with Crippen LogP contribution in [0.2, 0.25) is 0 Å². The molecule has 0 aliphatic carbocycles. The minimum absolute atomic E-state index is 0.0347. The van der Waals surface area contributed by atoms with Crippen molar-refractivity contribution in [3.8, 4) is 0 Å². The summed E-state index contributed by atoms with van der Waals surface area (Å²) in [6.45, 7) is 12.1. The average Bonchev–Trinajstić information content (AvgIpc) is 2.93. The van der Waals surface area contributed by atoms with E-state index in [2.05, 4.69) is 34.5 Å². The number of hydrogen-bond donors (Lipinski definition) is 1. The predicted octanol–water partition coefficient (Wildman–Crippen LogP) is 3.55. The van der Waals surface area contributed by atoms with Gasteiger partial charge in [-0.2, -0.15) is 0 Å². The predicted molar refractivity (Wildman–Crippen MR) is 145 cm³/mol. The number of alkyl carbamates (subject to hydrolysis) is 1. The lowest BCUT2D eigenvalue weighted by molar-refractivity contribution is -0.148. The molecule has 0 heterocycles. The Morgan fingerprint density at radius 2 is 1.32 bits per heavy atom. The van der Waals surface area contributed by atoms with Crippen LogP contribution in [-0.2, 0) is 42.9 Å². The van der Waals surface area contributed by atoms with Crippen LogP contribution in [0.15, 0.2) is 66.8 Å². The van der Waals surface area contributed by atoms with Crippen molar-refractivity contribution in [2.75, 3.05) is 34.0 Å². The second-order valence-corrected chi connectivity index (χ2v) is 8.93. The Bertz CT molecular complexity index is 1030. The summed E-state index contributed by atoms with van der Waals surface area (Å²) in [5, 5.41) is 2.68. The van der Waals surface area contributed by atoms with Crippen molar-refractivity contribution >= 4 is 30.0 Å². The van der Waals surface area contributed by atoms with Crippen LogP contribution in [-0.4, -0.2) is 70.1 Å². The molecule has 11 heteroatoms. The number of rotatable bonds is 17. The lowest BCUT2D eigenvalue weighted by Gasteiger charge is -2.21. The fraction of sp³-hybridized carbons (Fsp3) is 0.414. The minimum Gasteiger partial charge on any atom is -0.466 e. The molecule has 1 aromatic carbocycles. The van der Waals surface area contributed by atoms with Gasteiger partial charge in [0.1, 0.15) is 19.3 Å². The van der Waals surface area contributed by atoms with Crippen LogP contribution in [0.3, 0.4) is 0 Å². The smallest absolute Gasteiger partial charge is 0.407 e. The molecule has 1 unspecified atom stereocenters. The Kier molecular flexibility index (Phi) is 15.1. The molecule has 218 valence electrons. The standard InChI is InChI=1S/C29H37NO10/c1-19(2)12-13-23(22-10-8-7-9-11-22)16-30-29(35)40-24(14-25(31)38-17-20(3)27(33)36-5)15-26(32)39-18-21(4)28(34)37-6/h7-11,23-24H,1,3-4,12-18H2,2,5-6H3,(H,30,35). The second-order valence-electron chi connectivity index (χ2n) is 8.93. The molecule has 1 N–H and O–H groups in total. The molecule has 1 aromatic rings. The molecule has 0 aromatic heterocycles. The summed E-state index contributed by atoms with van der Waals surface area (Å²) in [5.74, 6) is -3.27. The van der Waals surface area contributed by atoms with Crippen LogP contribution in [0.1, 0.15) is 44.1 Å². The van der Waals surface area contributed by atoms with Crippen LogP contribution < -0.4 is 5.32 Å². The number of ether oxygens (including phenoxy) is 5. The number of amides is 1. The van der Waals surface area contributed by atoms with Crippen molar-refractivity contribution in [2.24, 2.45) is 0 Å². The van der Waals surface area contributed by atoms with Crippen LogP contribution >= 0.6 is 0 Å². The van der Waals surface area contributed by atoms with Crippen LogP contribution in [0, 0.1) is 0 Å². The first-order chi connectivity index (χ1) is 19.0. The lowest BCUT2D eigenvalue weighted by atomic mass is 9.93. The van der Waals surface area contributed by atoms with Crippen molar-refractivity contribution in [1.82, 2.24) is 5.32 Å². The molecule has 0 radical (unpaired) electrons. The molecule has 0 bridgehead atoms. The van der Waals surface area contributed by atoms with E-state index in [1.165, 1.54) is 0 Å². The van der Waals surface area contributed by atoms with E-state index in [9.17, 15) is 24.0 Å². The first-order valence-electron chi connectivity index (χ1n) is 12.4. The molecule has 1 atom stereocenters. The van der Waals surface area contributed by atoms with Gasteiger partial charge in [-0.25, -0.2) is 14.4 Å². The number of carbonyl (C=O) groups excluding carboxylic acids is 5. The molecule has 0 aliphatic rings. The highest BCUT2D eigenvalue weighted by Crippen LogP contribution is 2.22. The highest BCUT2D eigenvalue weighted by Gasteiger charge is 2.25. The SMILES string of the molecule is C=C(C)CCC(CNC(=O)OC(CC(=O)OCC(=C)C(=O)OC)CC(=O)OCC(=C)C(=O)OC)c1ccccc1. The molecule has 0 saturated heterocycles. The third kappa shape index (κ3) is 13.4. The Morgan fingerprint density at radius 3 is 1.77 bits per heavy atom. The molecule has 0 spiro atoms. The first kappa shape index (κ1) is 33.6. The third-order valence-electron chi connectivity index (χ3n) is 5.51. The van der Waals surface area contributed by atoms with Gasteiger partial charge in [0, 0.05) is 12.5 Å². The number of hydrogen-bond acceptors (Lipinski definition) is 10. The van der Waals surface area contributed by atoms with E-state index in [-0.39, 0.29) is 23.6 Å². The zero-order chi connectivity index (χ0) is 30.1. The quantitative estimate of drug-likeness (QED) is 0.130. The zero-order valence-electron chi connectivity index (χ0n) is 23.2.